The Balaban J connectivity index is 2.99. The summed E-state index contributed by atoms with van der Waals surface area (Å²) in [6.07, 6.45) is 0.402. The van der Waals surface area contributed by atoms with Crippen LogP contribution in [-0.4, -0.2) is 21.2 Å². The summed E-state index contributed by atoms with van der Waals surface area (Å²) in [6, 6.07) is 3.31. The Morgan fingerprint density at radius 1 is 1.53 bits per heavy atom. The summed E-state index contributed by atoms with van der Waals surface area (Å²) in [5, 5.41) is 18.8. The smallest absolute Gasteiger partial charge is 0.312 e. The number of nitrogens with zero attached hydrogens (tertiary/aromatic N) is 1. The molecule has 5 heteroatoms. The topological polar surface area (TPSA) is 70.4 Å². The SMILES string of the molecule is CC(C)(C(=O)O)C(O)c1ccc(Br)cn1. The number of carboxylic acids is 1. The molecule has 1 atom stereocenters. The van der Waals surface area contributed by atoms with Gasteiger partial charge in [-0.15, -0.1) is 0 Å². The molecule has 1 unspecified atom stereocenters. The average Bonchev–Trinajstić information content (AvgIpc) is 2.17. The number of aliphatic carboxylic acids is 1. The highest BCUT2D eigenvalue weighted by molar-refractivity contribution is 9.10. The molecule has 0 radical (unpaired) electrons. The molecule has 1 heterocycles. The monoisotopic (exact) mass is 273 g/mol. The third-order valence-corrected chi connectivity index (χ3v) is 2.73. The number of pyridine rings is 1. The number of hydrogen-bond acceptors (Lipinski definition) is 3. The third kappa shape index (κ3) is 2.54. The molecule has 82 valence electrons. The molecule has 0 saturated heterocycles. The highest BCUT2D eigenvalue weighted by atomic mass is 79.9. The van der Waals surface area contributed by atoms with Crippen molar-refractivity contribution in [3.63, 3.8) is 0 Å². The Bertz CT molecular complexity index is 361. The number of carbonyl (C=O) groups is 1. The first-order chi connectivity index (χ1) is 6.85. The number of halogens is 1. The third-order valence-electron chi connectivity index (χ3n) is 2.27. The second-order valence-electron chi connectivity index (χ2n) is 3.83. The minimum atomic E-state index is -1.25. The molecule has 0 spiro atoms. The molecule has 0 aliphatic heterocycles. The molecule has 15 heavy (non-hydrogen) atoms. The number of aromatic nitrogens is 1. The van der Waals surface area contributed by atoms with E-state index in [-0.39, 0.29) is 0 Å². The molecule has 1 rings (SSSR count). The molecule has 0 amide bonds. The van der Waals surface area contributed by atoms with Gasteiger partial charge in [0.25, 0.3) is 0 Å². The summed E-state index contributed by atoms with van der Waals surface area (Å²) in [5.41, 5.74) is -0.897. The van der Waals surface area contributed by atoms with E-state index in [1.54, 1.807) is 12.1 Å². The van der Waals surface area contributed by atoms with Crippen molar-refractivity contribution in [2.75, 3.05) is 0 Å². The summed E-state index contributed by atoms with van der Waals surface area (Å²) >= 11 is 3.21. The predicted octanol–water partition coefficient (Wildman–Crippen LogP) is 1.99. The van der Waals surface area contributed by atoms with E-state index >= 15 is 0 Å². The van der Waals surface area contributed by atoms with Gasteiger partial charge in [0.1, 0.15) is 6.10 Å². The van der Waals surface area contributed by atoms with Gasteiger partial charge in [0.15, 0.2) is 0 Å². The Labute approximate surface area is 96.1 Å². The molecule has 0 aromatic carbocycles. The molecule has 1 aromatic rings. The maximum absolute atomic E-state index is 10.9. The van der Waals surface area contributed by atoms with Crippen LogP contribution >= 0.6 is 15.9 Å². The van der Waals surface area contributed by atoms with Crippen molar-refractivity contribution in [2.45, 2.75) is 20.0 Å². The van der Waals surface area contributed by atoms with E-state index in [9.17, 15) is 9.90 Å². The fourth-order valence-electron chi connectivity index (χ4n) is 1.04. The average molecular weight is 274 g/mol. The molecule has 1 aromatic heterocycles. The van der Waals surface area contributed by atoms with Crippen LogP contribution in [0.25, 0.3) is 0 Å². The lowest BCUT2D eigenvalue weighted by atomic mass is 9.85. The van der Waals surface area contributed by atoms with Crippen LogP contribution < -0.4 is 0 Å². The molecule has 0 aliphatic rings. The quantitative estimate of drug-likeness (QED) is 0.884. The van der Waals surface area contributed by atoms with Gasteiger partial charge in [-0.2, -0.15) is 0 Å². The zero-order valence-corrected chi connectivity index (χ0v) is 10.0. The van der Waals surface area contributed by atoms with Gasteiger partial charge in [0.2, 0.25) is 0 Å². The highest BCUT2D eigenvalue weighted by Crippen LogP contribution is 2.32. The van der Waals surface area contributed by atoms with E-state index in [1.807, 2.05) is 0 Å². The second kappa shape index (κ2) is 4.28. The van der Waals surface area contributed by atoms with Crippen molar-refractivity contribution in [2.24, 2.45) is 5.41 Å². The van der Waals surface area contributed by atoms with E-state index < -0.39 is 17.5 Å². The van der Waals surface area contributed by atoms with E-state index in [0.29, 0.717) is 5.69 Å². The Morgan fingerprint density at radius 2 is 2.13 bits per heavy atom. The summed E-state index contributed by atoms with van der Waals surface area (Å²) in [6.45, 7) is 2.92. The van der Waals surface area contributed by atoms with Crippen molar-refractivity contribution in [3.05, 3.63) is 28.5 Å². The standard InChI is InChI=1S/C10H12BrNO3/c1-10(2,9(14)15)8(13)7-4-3-6(11)5-12-7/h3-5,8,13H,1-2H3,(H,14,15). The van der Waals surface area contributed by atoms with Gasteiger partial charge in [-0.3, -0.25) is 9.78 Å². The first-order valence-corrected chi connectivity index (χ1v) is 5.18. The van der Waals surface area contributed by atoms with Crippen molar-refractivity contribution >= 4 is 21.9 Å². The van der Waals surface area contributed by atoms with Gasteiger partial charge < -0.3 is 10.2 Å². The van der Waals surface area contributed by atoms with E-state index in [4.69, 9.17) is 5.11 Å². The molecule has 0 saturated carbocycles. The fourth-order valence-corrected chi connectivity index (χ4v) is 1.27. The van der Waals surface area contributed by atoms with Gasteiger partial charge in [0, 0.05) is 10.7 Å². The lowest BCUT2D eigenvalue weighted by molar-refractivity contribution is -0.153. The lowest BCUT2D eigenvalue weighted by Gasteiger charge is -2.25. The molecule has 2 N–H and O–H groups in total. The van der Waals surface area contributed by atoms with Crippen LogP contribution in [0.2, 0.25) is 0 Å². The van der Waals surface area contributed by atoms with Crippen LogP contribution in [0.15, 0.2) is 22.8 Å². The fraction of sp³-hybridized carbons (Fsp3) is 0.400. The number of carboxylic acid groups (broad SMARTS) is 1. The van der Waals surface area contributed by atoms with E-state index in [2.05, 4.69) is 20.9 Å². The van der Waals surface area contributed by atoms with Crippen molar-refractivity contribution in [3.8, 4) is 0 Å². The minimum Gasteiger partial charge on any atom is -0.481 e. The largest absolute Gasteiger partial charge is 0.481 e. The summed E-state index contributed by atoms with van der Waals surface area (Å²) in [4.78, 5) is 14.9. The van der Waals surface area contributed by atoms with E-state index in [1.165, 1.54) is 20.0 Å². The normalized spacial score (nSPS) is 13.6. The highest BCUT2D eigenvalue weighted by Gasteiger charge is 2.37. The molecule has 4 nitrogen and oxygen atoms in total. The van der Waals surface area contributed by atoms with Crippen LogP contribution in [0, 0.1) is 5.41 Å². The Kier molecular flexibility index (Phi) is 3.46. The predicted molar refractivity (Wildman–Crippen MR) is 58.3 cm³/mol. The Morgan fingerprint density at radius 3 is 2.53 bits per heavy atom. The minimum absolute atomic E-state index is 0.352. The lowest BCUT2D eigenvalue weighted by Crippen LogP contribution is -2.31. The zero-order chi connectivity index (χ0) is 11.6. The van der Waals surface area contributed by atoms with Gasteiger partial charge in [-0.25, -0.2) is 0 Å². The van der Waals surface area contributed by atoms with Crippen LogP contribution in [-0.2, 0) is 4.79 Å². The summed E-state index contributed by atoms with van der Waals surface area (Å²) < 4.78 is 0.784. The molecular weight excluding hydrogens is 262 g/mol. The van der Waals surface area contributed by atoms with Crippen molar-refractivity contribution in [1.82, 2.24) is 4.98 Å². The van der Waals surface area contributed by atoms with Crippen LogP contribution in [0.3, 0.4) is 0 Å². The van der Waals surface area contributed by atoms with Gasteiger partial charge in [0.05, 0.1) is 11.1 Å². The maximum Gasteiger partial charge on any atom is 0.312 e. The first kappa shape index (κ1) is 12.1. The van der Waals surface area contributed by atoms with Crippen LogP contribution in [0.4, 0.5) is 0 Å². The van der Waals surface area contributed by atoms with Crippen LogP contribution in [0.1, 0.15) is 25.6 Å². The molecular formula is C10H12BrNO3. The Hall–Kier alpha value is -0.940. The first-order valence-electron chi connectivity index (χ1n) is 4.38. The second-order valence-corrected chi connectivity index (χ2v) is 4.75. The van der Waals surface area contributed by atoms with Crippen molar-refractivity contribution < 1.29 is 15.0 Å². The molecule has 0 bridgehead atoms. The molecule has 0 aliphatic carbocycles. The maximum atomic E-state index is 10.9. The summed E-state index contributed by atoms with van der Waals surface area (Å²) in [5.74, 6) is -1.06. The van der Waals surface area contributed by atoms with Crippen LogP contribution in [0.5, 0.6) is 0 Å². The number of rotatable bonds is 3. The number of aliphatic hydroxyl groups excluding tert-OH is 1. The van der Waals surface area contributed by atoms with Gasteiger partial charge in [-0.1, -0.05) is 0 Å². The van der Waals surface area contributed by atoms with Gasteiger partial charge in [-0.05, 0) is 41.9 Å². The molecule has 0 fully saturated rings. The zero-order valence-electron chi connectivity index (χ0n) is 8.44. The number of aliphatic hydroxyl groups is 1. The number of hydrogen-bond donors (Lipinski definition) is 2. The van der Waals surface area contributed by atoms with Gasteiger partial charge >= 0.3 is 5.97 Å². The summed E-state index contributed by atoms with van der Waals surface area (Å²) in [7, 11) is 0. The van der Waals surface area contributed by atoms with Crippen molar-refractivity contribution in [1.29, 1.82) is 0 Å². The van der Waals surface area contributed by atoms with E-state index in [0.717, 1.165) is 4.47 Å².